The topological polar surface area (TPSA) is 49.3 Å². The van der Waals surface area contributed by atoms with Gasteiger partial charge in [-0.25, -0.2) is 4.21 Å². The van der Waals surface area contributed by atoms with Crippen LogP contribution in [-0.4, -0.2) is 27.1 Å². The monoisotopic (exact) mass is 163 g/mol. The Morgan fingerprint density at radius 3 is 3.00 bits per heavy atom. The average molecular weight is 163 g/mol. The molecule has 0 aromatic carbocycles. The summed E-state index contributed by atoms with van der Waals surface area (Å²) in [5.41, 5.74) is 0. The van der Waals surface area contributed by atoms with E-state index in [4.69, 9.17) is 4.55 Å². The molecule has 1 unspecified atom stereocenters. The molecule has 1 heterocycles. The molecule has 1 saturated heterocycles. The van der Waals surface area contributed by atoms with E-state index in [-0.39, 0.29) is 0 Å². The summed E-state index contributed by atoms with van der Waals surface area (Å²) in [6, 6.07) is 0.496. The summed E-state index contributed by atoms with van der Waals surface area (Å²) < 4.78 is 18.7. The molecule has 3 nitrogen and oxygen atoms in total. The molecule has 0 aromatic rings. The van der Waals surface area contributed by atoms with E-state index in [0.717, 1.165) is 19.4 Å². The standard InChI is InChI=1S/C6H13NO2S/c8-10(9)5-3-6-2-1-4-7-6/h6-7H,1-5H2,(H,8,9)/t6-/m1/s1. The van der Waals surface area contributed by atoms with Crippen molar-refractivity contribution in [2.75, 3.05) is 12.3 Å². The van der Waals surface area contributed by atoms with Crippen LogP contribution in [0.4, 0.5) is 0 Å². The van der Waals surface area contributed by atoms with Crippen molar-refractivity contribution in [3.05, 3.63) is 0 Å². The van der Waals surface area contributed by atoms with Crippen LogP contribution in [0.15, 0.2) is 0 Å². The van der Waals surface area contributed by atoms with Gasteiger partial charge >= 0.3 is 0 Å². The third-order valence-corrected chi connectivity index (χ3v) is 2.39. The first-order valence-corrected chi connectivity index (χ1v) is 4.87. The lowest BCUT2D eigenvalue weighted by atomic mass is 10.2. The predicted molar refractivity (Wildman–Crippen MR) is 41.3 cm³/mol. The van der Waals surface area contributed by atoms with Gasteiger partial charge in [-0.3, -0.25) is 0 Å². The largest absolute Gasteiger partial charge is 0.314 e. The number of hydrogen-bond donors (Lipinski definition) is 2. The average Bonchev–Trinajstić information content (AvgIpc) is 2.34. The number of nitrogens with one attached hydrogen (secondary N) is 1. The van der Waals surface area contributed by atoms with E-state index in [9.17, 15) is 4.21 Å². The summed E-state index contributed by atoms with van der Waals surface area (Å²) in [7, 11) is 0. The summed E-state index contributed by atoms with van der Waals surface area (Å²) in [6.45, 7) is 1.07. The highest BCUT2D eigenvalue weighted by Crippen LogP contribution is 2.08. The predicted octanol–water partition coefficient (Wildman–Crippen LogP) is 0.350. The van der Waals surface area contributed by atoms with Gasteiger partial charge in [0.05, 0.1) is 5.75 Å². The molecule has 1 aliphatic heterocycles. The molecule has 1 rings (SSSR count). The Morgan fingerprint density at radius 1 is 1.70 bits per heavy atom. The summed E-state index contributed by atoms with van der Waals surface area (Å²) >= 11 is -1.60. The van der Waals surface area contributed by atoms with E-state index in [1.54, 1.807) is 0 Å². The second-order valence-corrected chi connectivity index (χ2v) is 3.66. The summed E-state index contributed by atoms with van der Waals surface area (Å²) in [5.74, 6) is 0.414. The maximum absolute atomic E-state index is 10.2. The van der Waals surface area contributed by atoms with Crippen LogP contribution in [0.25, 0.3) is 0 Å². The Balaban J connectivity index is 2.07. The van der Waals surface area contributed by atoms with Crippen molar-refractivity contribution >= 4 is 11.1 Å². The fraction of sp³-hybridized carbons (Fsp3) is 1.00. The molecular weight excluding hydrogens is 150 g/mol. The fourth-order valence-electron chi connectivity index (χ4n) is 1.25. The first-order valence-electron chi connectivity index (χ1n) is 3.60. The van der Waals surface area contributed by atoms with Crippen molar-refractivity contribution in [3.8, 4) is 0 Å². The second kappa shape index (κ2) is 4.05. The van der Waals surface area contributed by atoms with Crippen molar-refractivity contribution in [3.63, 3.8) is 0 Å². The van der Waals surface area contributed by atoms with E-state index in [0.29, 0.717) is 11.8 Å². The molecule has 1 fully saturated rings. The van der Waals surface area contributed by atoms with Gasteiger partial charge in [-0.05, 0) is 25.8 Å². The van der Waals surface area contributed by atoms with E-state index >= 15 is 0 Å². The molecule has 0 saturated carbocycles. The normalized spacial score (nSPS) is 28.7. The first-order chi connectivity index (χ1) is 4.79. The minimum atomic E-state index is -1.60. The molecule has 0 spiro atoms. The lowest BCUT2D eigenvalue weighted by Gasteiger charge is -2.06. The van der Waals surface area contributed by atoms with Gasteiger partial charge in [0.15, 0.2) is 11.1 Å². The first kappa shape index (κ1) is 8.17. The molecule has 2 N–H and O–H groups in total. The molecule has 0 aliphatic carbocycles. The van der Waals surface area contributed by atoms with Gasteiger partial charge in [-0.15, -0.1) is 0 Å². The molecule has 10 heavy (non-hydrogen) atoms. The lowest BCUT2D eigenvalue weighted by molar-refractivity contribution is 0.542. The SMILES string of the molecule is O=S(O)CC[C@H]1CCCN1. The molecular formula is C6H13NO2S. The Kier molecular flexibility index (Phi) is 3.31. The van der Waals surface area contributed by atoms with Crippen LogP contribution in [0.5, 0.6) is 0 Å². The van der Waals surface area contributed by atoms with Gasteiger partial charge in [-0.2, -0.15) is 0 Å². The molecule has 0 aromatic heterocycles. The third-order valence-electron chi connectivity index (χ3n) is 1.80. The van der Waals surface area contributed by atoms with E-state index in [1.165, 1.54) is 6.42 Å². The Morgan fingerprint density at radius 2 is 2.50 bits per heavy atom. The van der Waals surface area contributed by atoms with Crippen molar-refractivity contribution < 1.29 is 8.76 Å². The minimum Gasteiger partial charge on any atom is -0.314 e. The fourth-order valence-corrected chi connectivity index (χ4v) is 1.73. The van der Waals surface area contributed by atoms with Crippen LogP contribution >= 0.6 is 0 Å². The van der Waals surface area contributed by atoms with Gasteiger partial charge < -0.3 is 9.87 Å². The van der Waals surface area contributed by atoms with Crippen molar-refractivity contribution in [1.29, 1.82) is 0 Å². The van der Waals surface area contributed by atoms with Crippen molar-refractivity contribution in [2.24, 2.45) is 0 Å². The van der Waals surface area contributed by atoms with Crippen LogP contribution in [0.3, 0.4) is 0 Å². The van der Waals surface area contributed by atoms with E-state index in [1.807, 2.05) is 0 Å². The molecule has 0 amide bonds. The van der Waals surface area contributed by atoms with Gasteiger partial charge in [-0.1, -0.05) is 0 Å². The highest BCUT2D eigenvalue weighted by Gasteiger charge is 2.13. The zero-order chi connectivity index (χ0) is 7.40. The maximum Gasteiger partial charge on any atom is 0.152 e. The highest BCUT2D eigenvalue weighted by atomic mass is 32.2. The summed E-state index contributed by atoms with van der Waals surface area (Å²) in [6.07, 6.45) is 3.21. The van der Waals surface area contributed by atoms with Gasteiger partial charge in [0.2, 0.25) is 0 Å². The molecule has 0 bridgehead atoms. The number of rotatable bonds is 3. The summed E-state index contributed by atoms with van der Waals surface area (Å²) in [5, 5.41) is 3.27. The van der Waals surface area contributed by atoms with Crippen molar-refractivity contribution in [1.82, 2.24) is 5.32 Å². The Labute approximate surface area is 63.5 Å². The van der Waals surface area contributed by atoms with Crippen LogP contribution in [0.1, 0.15) is 19.3 Å². The van der Waals surface area contributed by atoms with Crippen LogP contribution in [-0.2, 0) is 11.1 Å². The molecule has 4 heteroatoms. The molecule has 1 aliphatic rings. The van der Waals surface area contributed by atoms with E-state index in [2.05, 4.69) is 5.32 Å². The van der Waals surface area contributed by atoms with Crippen LogP contribution in [0.2, 0.25) is 0 Å². The van der Waals surface area contributed by atoms with Crippen LogP contribution < -0.4 is 5.32 Å². The van der Waals surface area contributed by atoms with Gasteiger partial charge in [0.1, 0.15) is 0 Å². The smallest absolute Gasteiger partial charge is 0.152 e. The molecule has 60 valence electrons. The van der Waals surface area contributed by atoms with Gasteiger partial charge in [0, 0.05) is 6.04 Å². The molecule has 0 radical (unpaired) electrons. The number of hydrogen-bond acceptors (Lipinski definition) is 2. The Hall–Kier alpha value is 0.0700. The molecule has 2 atom stereocenters. The summed E-state index contributed by atoms with van der Waals surface area (Å²) in [4.78, 5) is 0. The van der Waals surface area contributed by atoms with Crippen LogP contribution in [0, 0.1) is 0 Å². The van der Waals surface area contributed by atoms with Crippen molar-refractivity contribution in [2.45, 2.75) is 25.3 Å². The maximum atomic E-state index is 10.2. The quantitative estimate of drug-likeness (QED) is 0.590. The Bertz CT molecular complexity index is 123. The highest BCUT2D eigenvalue weighted by molar-refractivity contribution is 7.79. The minimum absolute atomic E-state index is 0.414. The van der Waals surface area contributed by atoms with E-state index < -0.39 is 11.1 Å². The zero-order valence-corrected chi connectivity index (χ0v) is 6.69. The van der Waals surface area contributed by atoms with Gasteiger partial charge in [0.25, 0.3) is 0 Å². The third kappa shape index (κ3) is 2.77. The zero-order valence-electron chi connectivity index (χ0n) is 5.88. The lowest BCUT2D eigenvalue weighted by Crippen LogP contribution is -2.23. The second-order valence-electron chi connectivity index (χ2n) is 2.61.